The Bertz CT molecular complexity index is 1570. The van der Waals surface area contributed by atoms with E-state index in [1.807, 2.05) is 46.8 Å². The minimum Gasteiger partial charge on any atom is -0.487 e. The largest absolute Gasteiger partial charge is 0.487 e. The van der Waals surface area contributed by atoms with Crippen LogP contribution in [0.4, 0.5) is 4.79 Å². The maximum atomic E-state index is 12.7. The molecule has 47 heavy (non-hydrogen) atoms. The molecule has 12 heteroatoms. The number of hydrogen-bond acceptors (Lipinski definition) is 9. The van der Waals surface area contributed by atoms with Crippen LogP contribution in [0.3, 0.4) is 0 Å². The quantitative estimate of drug-likeness (QED) is 0.160. The zero-order valence-corrected chi connectivity index (χ0v) is 28.1. The topological polar surface area (TPSA) is 165 Å². The molecule has 2 aromatic heterocycles. The number of unbranched alkanes of at least 4 members (excludes halogenated alkanes) is 2. The van der Waals surface area contributed by atoms with Gasteiger partial charge in [0.1, 0.15) is 30.2 Å². The second kappa shape index (κ2) is 16.5. The molecule has 2 heterocycles. The van der Waals surface area contributed by atoms with Crippen molar-refractivity contribution < 1.29 is 23.9 Å². The average molecular weight is 649 g/mol. The lowest BCUT2D eigenvalue weighted by molar-refractivity contribution is -0.130. The first-order chi connectivity index (χ1) is 22.5. The summed E-state index contributed by atoms with van der Waals surface area (Å²) in [6.07, 6.45) is 10.7. The van der Waals surface area contributed by atoms with Gasteiger partial charge in [-0.1, -0.05) is 53.4 Å². The number of benzene rings is 1. The van der Waals surface area contributed by atoms with Crippen LogP contribution in [0.2, 0.25) is 0 Å². The molecule has 12 nitrogen and oxygen atoms in total. The first-order valence-electron chi connectivity index (χ1n) is 16.7. The van der Waals surface area contributed by atoms with Crippen molar-refractivity contribution >= 4 is 28.8 Å². The van der Waals surface area contributed by atoms with Crippen LogP contribution >= 0.6 is 0 Å². The normalized spacial score (nSPS) is 17.8. The summed E-state index contributed by atoms with van der Waals surface area (Å²) in [5, 5.41) is 5.37. The number of nitrogens with one attached hydrogen (secondary N) is 3. The maximum absolute atomic E-state index is 12.7. The summed E-state index contributed by atoms with van der Waals surface area (Å²) >= 11 is 0. The van der Waals surface area contributed by atoms with Gasteiger partial charge in [0.05, 0.1) is 29.0 Å². The van der Waals surface area contributed by atoms with Gasteiger partial charge in [0.25, 0.3) is 5.56 Å². The third-order valence-electron chi connectivity index (χ3n) is 8.99. The third-order valence-corrected chi connectivity index (χ3v) is 8.99. The number of amides is 2. The summed E-state index contributed by atoms with van der Waals surface area (Å²) in [5.41, 5.74) is 1.76. The van der Waals surface area contributed by atoms with Gasteiger partial charge < -0.3 is 25.1 Å². The predicted octanol–water partition coefficient (Wildman–Crippen LogP) is 5.05. The molecule has 0 bridgehead atoms. The van der Waals surface area contributed by atoms with E-state index >= 15 is 0 Å². The molecule has 1 fully saturated rings. The van der Waals surface area contributed by atoms with E-state index in [9.17, 15) is 19.2 Å². The smallest absolute Gasteiger partial charge is 0.408 e. The summed E-state index contributed by atoms with van der Waals surface area (Å²) in [5.74, 6) is 0.303. The first-order valence-corrected chi connectivity index (χ1v) is 16.7. The Morgan fingerprint density at radius 2 is 1.89 bits per heavy atom. The maximum Gasteiger partial charge on any atom is 0.408 e. The van der Waals surface area contributed by atoms with Gasteiger partial charge in [-0.15, -0.1) is 0 Å². The molecule has 3 N–H and O–H groups in total. The molecule has 3 atom stereocenters. The monoisotopic (exact) mass is 648 g/mol. The third kappa shape index (κ3) is 10.1. The van der Waals surface area contributed by atoms with Crippen LogP contribution in [0.5, 0.6) is 5.75 Å². The van der Waals surface area contributed by atoms with Gasteiger partial charge in [-0.2, -0.15) is 0 Å². The fourth-order valence-corrected chi connectivity index (χ4v) is 5.91. The van der Waals surface area contributed by atoms with Gasteiger partial charge in [-0.05, 0) is 50.7 Å². The lowest BCUT2D eigenvalue weighted by atomic mass is 9.87. The van der Waals surface area contributed by atoms with Gasteiger partial charge in [-0.3, -0.25) is 24.4 Å². The number of aryl methyl sites for hydroxylation is 1. The van der Waals surface area contributed by atoms with E-state index in [-0.39, 0.29) is 42.2 Å². The number of Topliss-reactive ketones (excluding diaryl/α,β-unsaturated/α-hetero) is 1. The van der Waals surface area contributed by atoms with E-state index in [0.29, 0.717) is 34.6 Å². The number of nitrogens with zero attached hydrogens (tertiary/aromatic N) is 3. The average Bonchev–Trinajstić information content (AvgIpc) is 3.70. The van der Waals surface area contributed by atoms with E-state index in [1.54, 1.807) is 24.7 Å². The molecular formula is C35H48N6O6. The Hall–Kier alpha value is -4.35. The summed E-state index contributed by atoms with van der Waals surface area (Å²) in [7, 11) is 0. The fraction of sp³-hybridized carbons (Fsp3) is 0.571. The molecule has 0 spiro atoms. The number of ether oxygens (including phenoxy) is 2. The molecule has 0 saturated heterocycles. The molecule has 0 aliphatic heterocycles. The lowest BCUT2D eigenvalue weighted by Gasteiger charge is -2.26. The van der Waals surface area contributed by atoms with E-state index in [1.165, 1.54) is 0 Å². The van der Waals surface area contributed by atoms with Crippen molar-refractivity contribution in [2.45, 2.75) is 104 Å². The van der Waals surface area contributed by atoms with Crippen LogP contribution in [-0.2, 0) is 27.4 Å². The zero-order valence-electron chi connectivity index (χ0n) is 28.1. The number of ketones is 1. The van der Waals surface area contributed by atoms with Gasteiger partial charge in [0.2, 0.25) is 5.91 Å². The van der Waals surface area contributed by atoms with E-state index in [0.717, 1.165) is 44.9 Å². The molecule has 1 aliphatic carbocycles. The molecule has 1 unspecified atom stereocenters. The minimum atomic E-state index is -0.634. The molecular weight excluding hydrogens is 600 g/mol. The molecule has 4 rings (SSSR count). The number of carbonyl (C=O) groups is 3. The van der Waals surface area contributed by atoms with Gasteiger partial charge in [-0.25, -0.2) is 9.78 Å². The van der Waals surface area contributed by atoms with Crippen LogP contribution < -0.4 is 20.9 Å². The van der Waals surface area contributed by atoms with Crippen molar-refractivity contribution in [2.75, 3.05) is 6.54 Å². The first kappa shape index (κ1) is 35.5. The van der Waals surface area contributed by atoms with E-state index in [2.05, 4.69) is 30.6 Å². The molecule has 3 aromatic rings. The van der Waals surface area contributed by atoms with Crippen LogP contribution in [0, 0.1) is 17.8 Å². The molecule has 254 valence electrons. The Labute approximate surface area is 275 Å². The number of aromatic amines is 1. The van der Waals surface area contributed by atoms with Crippen molar-refractivity contribution in [1.29, 1.82) is 0 Å². The molecule has 1 aromatic carbocycles. The number of H-pyrrole nitrogens is 1. The van der Waals surface area contributed by atoms with Crippen molar-refractivity contribution in [2.24, 2.45) is 17.8 Å². The summed E-state index contributed by atoms with van der Waals surface area (Å²) in [6.45, 7) is 9.59. The Morgan fingerprint density at radius 1 is 1.11 bits per heavy atom. The number of fused-ring (bicyclic) bond motifs is 1. The van der Waals surface area contributed by atoms with Gasteiger partial charge >= 0.3 is 6.09 Å². The highest BCUT2D eigenvalue weighted by atomic mass is 16.6. The van der Waals surface area contributed by atoms with Crippen molar-refractivity contribution in [3.05, 3.63) is 58.5 Å². The van der Waals surface area contributed by atoms with Crippen LogP contribution in [0.15, 0.2) is 41.6 Å². The van der Waals surface area contributed by atoms with Gasteiger partial charge in [0.15, 0.2) is 5.78 Å². The van der Waals surface area contributed by atoms with E-state index < -0.39 is 23.6 Å². The molecule has 2 amide bonds. The van der Waals surface area contributed by atoms with Crippen LogP contribution in [-0.4, -0.2) is 55.9 Å². The Morgan fingerprint density at radius 3 is 2.60 bits per heavy atom. The second-order valence-corrected chi connectivity index (χ2v) is 12.9. The molecule has 0 radical (unpaired) electrons. The van der Waals surface area contributed by atoms with Gasteiger partial charge in [0, 0.05) is 30.3 Å². The fourth-order valence-electron chi connectivity index (χ4n) is 5.91. The van der Waals surface area contributed by atoms with E-state index in [4.69, 9.17) is 9.47 Å². The number of aromatic nitrogens is 4. The van der Waals surface area contributed by atoms with Crippen LogP contribution in [0.1, 0.15) is 91.0 Å². The summed E-state index contributed by atoms with van der Waals surface area (Å²) in [4.78, 5) is 66.1. The molecule has 1 aliphatic rings. The summed E-state index contributed by atoms with van der Waals surface area (Å²) < 4.78 is 11.4. The number of alkyl carbamates (subject to hydrolysis) is 1. The molecule has 1 saturated carbocycles. The highest BCUT2D eigenvalue weighted by Gasteiger charge is 2.53. The Balaban J connectivity index is 1.15. The Kier molecular flexibility index (Phi) is 12.4. The zero-order chi connectivity index (χ0) is 34.0. The lowest BCUT2D eigenvalue weighted by Crippen LogP contribution is -2.50. The number of rotatable bonds is 18. The SMILES string of the molecule is CCC(CC)[C@H](NC(=O)CNC(=O)OC1(C)C[C@H]1CCCCCc1nc2ccc(OCc3cnccn3)cc2[nH]c1=O)C(=O)C(C)C. The van der Waals surface area contributed by atoms with Crippen molar-refractivity contribution in [3.63, 3.8) is 0 Å². The van der Waals surface area contributed by atoms with Crippen LogP contribution in [0.25, 0.3) is 11.0 Å². The minimum absolute atomic E-state index is 0.000633. The second-order valence-electron chi connectivity index (χ2n) is 12.9. The summed E-state index contributed by atoms with van der Waals surface area (Å²) in [6, 6.07) is 4.84. The van der Waals surface area contributed by atoms with Crippen molar-refractivity contribution in [3.8, 4) is 5.75 Å². The number of hydrogen-bond donors (Lipinski definition) is 3. The highest BCUT2D eigenvalue weighted by molar-refractivity contribution is 5.91. The highest BCUT2D eigenvalue weighted by Crippen LogP contribution is 2.49. The predicted molar refractivity (Wildman–Crippen MR) is 178 cm³/mol. The van der Waals surface area contributed by atoms with Crippen molar-refractivity contribution in [1.82, 2.24) is 30.6 Å². The standard InChI is InChI=1S/C35H48N6O6/c1-6-23(7-2)31(32(43)22(3)4)41-30(42)20-38-34(45)47-35(5)18-24(35)11-9-8-10-12-28-33(44)40-29-17-26(13-14-27(29)39-28)46-21-25-19-36-15-16-37-25/h13-17,19,22-24,31H,6-12,18,20-21H2,1-5H3,(H,38,45)(H,40,44)(H,41,42)/t24-,31+,35?/m1/s1. The number of carbonyl (C=O) groups excluding carboxylic acids is 3.